The molecular formula is C17H25ClN2O. The minimum Gasteiger partial charge on any atom is -0.338 e. The number of carbonyl (C=O) groups excluding carboxylic acids is 1. The van der Waals surface area contributed by atoms with E-state index in [0.29, 0.717) is 16.5 Å². The van der Waals surface area contributed by atoms with E-state index in [4.69, 9.17) is 11.6 Å². The van der Waals surface area contributed by atoms with Crippen molar-refractivity contribution in [3.8, 4) is 0 Å². The number of benzene rings is 1. The second kappa shape index (κ2) is 7.81. The molecule has 1 aromatic carbocycles. The van der Waals surface area contributed by atoms with Crippen LogP contribution >= 0.6 is 11.6 Å². The summed E-state index contributed by atoms with van der Waals surface area (Å²) in [6.45, 7) is 7.86. The molecule has 0 atom stereocenters. The smallest absolute Gasteiger partial charge is 0.255 e. The number of hydrogen-bond acceptors (Lipinski definition) is 2. The Morgan fingerprint density at radius 1 is 1.38 bits per heavy atom. The third kappa shape index (κ3) is 4.45. The van der Waals surface area contributed by atoms with Gasteiger partial charge in [-0.1, -0.05) is 24.6 Å². The maximum atomic E-state index is 12.8. The van der Waals surface area contributed by atoms with E-state index < -0.39 is 0 Å². The van der Waals surface area contributed by atoms with Crippen LogP contribution in [0.5, 0.6) is 0 Å². The SMILES string of the molecule is CCCN(CC1CCNCC1)C(=O)c1ccc(C)cc1Cl. The van der Waals surface area contributed by atoms with E-state index in [1.165, 1.54) is 0 Å². The molecule has 1 N–H and O–H groups in total. The Bertz CT molecular complexity index is 484. The summed E-state index contributed by atoms with van der Waals surface area (Å²) in [5.41, 5.74) is 1.71. The molecule has 4 heteroatoms. The lowest BCUT2D eigenvalue weighted by Gasteiger charge is -2.30. The van der Waals surface area contributed by atoms with Crippen molar-refractivity contribution in [1.29, 1.82) is 0 Å². The van der Waals surface area contributed by atoms with Crippen molar-refractivity contribution in [3.63, 3.8) is 0 Å². The summed E-state index contributed by atoms with van der Waals surface area (Å²) < 4.78 is 0. The van der Waals surface area contributed by atoms with Crippen LogP contribution in [0.4, 0.5) is 0 Å². The van der Waals surface area contributed by atoms with Gasteiger partial charge in [-0.25, -0.2) is 0 Å². The lowest BCUT2D eigenvalue weighted by molar-refractivity contribution is 0.0716. The van der Waals surface area contributed by atoms with Crippen LogP contribution in [-0.2, 0) is 0 Å². The fourth-order valence-electron chi connectivity index (χ4n) is 2.89. The molecule has 0 bridgehead atoms. The van der Waals surface area contributed by atoms with E-state index in [0.717, 1.165) is 51.0 Å². The highest BCUT2D eigenvalue weighted by molar-refractivity contribution is 6.33. The van der Waals surface area contributed by atoms with Gasteiger partial charge in [-0.3, -0.25) is 4.79 Å². The molecule has 0 aromatic heterocycles. The minimum atomic E-state index is 0.0698. The van der Waals surface area contributed by atoms with Crippen LogP contribution in [0.25, 0.3) is 0 Å². The zero-order chi connectivity index (χ0) is 15.2. The topological polar surface area (TPSA) is 32.3 Å². The van der Waals surface area contributed by atoms with E-state index >= 15 is 0 Å². The molecule has 116 valence electrons. The molecule has 21 heavy (non-hydrogen) atoms. The Morgan fingerprint density at radius 3 is 2.71 bits per heavy atom. The van der Waals surface area contributed by atoms with Crippen LogP contribution in [0.15, 0.2) is 18.2 Å². The highest BCUT2D eigenvalue weighted by atomic mass is 35.5. The second-order valence-electron chi connectivity index (χ2n) is 5.93. The number of carbonyl (C=O) groups is 1. The number of nitrogens with zero attached hydrogens (tertiary/aromatic N) is 1. The first-order valence-corrected chi connectivity index (χ1v) is 8.25. The van der Waals surface area contributed by atoms with Gasteiger partial charge in [0.05, 0.1) is 10.6 Å². The summed E-state index contributed by atoms with van der Waals surface area (Å²) in [4.78, 5) is 14.7. The largest absolute Gasteiger partial charge is 0.338 e. The standard InChI is InChI=1S/C17H25ClN2O/c1-3-10-20(12-14-6-8-19-9-7-14)17(21)15-5-4-13(2)11-16(15)18/h4-5,11,14,19H,3,6-10,12H2,1-2H3. The molecule has 0 unspecified atom stereocenters. The van der Waals surface area contributed by atoms with E-state index in [1.807, 2.05) is 30.0 Å². The molecule has 3 nitrogen and oxygen atoms in total. The summed E-state index contributed by atoms with van der Waals surface area (Å²) in [6.07, 6.45) is 3.27. The molecule has 1 heterocycles. The maximum Gasteiger partial charge on any atom is 0.255 e. The van der Waals surface area contributed by atoms with Gasteiger partial charge in [-0.05, 0) is 62.9 Å². The number of halogens is 1. The Kier molecular flexibility index (Phi) is 6.07. The van der Waals surface area contributed by atoms with Gasteiger partial charge < -0.3 is 10.2 Å². The molecule has 0 radical (unpaired) electrons. The number of amides is 1. The Balaban J connectivity index is 2.10. The van der Waals surface area contributed by atoms with Crippen LogP contribution in [0.3, 0.4) is 0 Å². The Morgan fingerprint density at radius 2 is 2.10 bits per heavy atom. The van der Waals surface area contributed by atoms with Crippen LogP contribution in [0, 0.1) is 12.8 Å². The predicted molar refractivity (Wildman–Crippen MR) is 88.0 cm³/mol. The highest BCUT2D eigenvalue weighted by Gasteiger charge is 2.22. The monoisotopic (exact) mass is 308 g/mol. The zero-order valence-corrected chi connectivity index (χ0v) is 13.7. The van der Waals surface area contributed by atoms with E-state index in [9.17, 15) is 4.79 Å². The zero-order valence-electron chi connectivity index (χ0n) is 13.0. The summed E-state index contributed by atoms with van der Waals surface area (Å²) in [5, 5.41) is 3.93. The molecule has 1 aromatic rings. The fraction of sp³-hybridized carbons (Fsp3) is 0.588. The van der Waals surface area contributed by atoms with Gasteiger partial charge in [-0.2, -0.15) is 0 Å². The first kappa shape index (κ1) is 16.3. The van der Waals surface area contributed by atoms with Gasteiger partial charge in [0.15, 0.2) is 0 Å². The normalized spacial score (nSPS) is 16.0. The van der Waals surface area contributed by atoms with Crippen molar-refractivity contribution in [2.75, 3.05) is 26.2 Å². The molecule has 1 aliphatic rings. The number of rotatable bonds is 5. The molecule has 1 aliphatic heterocycles. The fourth-order valence-corrected chi connectivity index (χ4v) is 3.20. The van der Waals surface area contributed by atoms with Crippen molar-refractivity contribution >= 4 is 17.5 Å². The molecule has 0 aliphatic carbocycles. The second-order valence-corrected chi connectivity index (χ2v) is 6.34. The van der Waals surface area contributed by atoms with E-state index in [1.54, 1.807) is 0 Å². The number of piperidine rings is 1. The van der Waals surface area contributed by atoms with E-state index in [-0.39, 0.29) is 5.91 Å². The van der Waals surface area contributed by atoms with Gasteiger partial charge in [-0.15, -0.1) is 0 Å². The summed E-state index contributed by atoms with van der Waals surface area (Å²) in [5.74, 6) is 0.673. The van der Waals surface area contributed by atoms with Crippen molar-refractivity contribution < 1.29 is 4.79 Å². The van der Waals surface area contributed by atoms with Crippen LogP contribution < -0.4 is 5.32 Å². The average molecular weight is 309 g/mol. The summed E-state index contributed by atoms with van der Waals surface area (Å²) in [6, 6.07) is 5.67. The first-order chi connectivity index (χ1) is 10.1. The van der Waals surface area contributed by atoms with Crippen molar-refractivity contribution in [2.45, 2.75) is 33.1 Å². The lowest BCUT2D eigenvalue weighted by atomic mass is 9.97. The Hall–Kier alpha value is -1.06. The number of nitrogens with one attached hydrogen (secondary N) is 1. The third-order valence-corrected chi connectivity index (χ3v) is 4.39. The van der Waals surface area contributed by atoms with Crippen molar-refractivity contribution in [1.82, 2.24) is 10.2 Å². The van der Waals surface area contributed by atoms with E-state index in [2.05, 4.69) is 12.2 Å². The molecule has 0 spiro atoms. The van der Waals surface area contributed by atoms with Crippen LogP contribution in [-0.4, -0.2) is 37.0 Å². The van der Waals surface area contributed by atoms with Gasteiger partial charge in [0.25, 0.3) is 5.91 Å². The quantitative estimate of drug-likeness (QED) is 0.903. The number of aryl methyl sites for hydroxylation is 1. The molecule has 1 saturated heterocycles. The number of hydrogen-bond donors (Lipinski definition) is 1. The van der Waals surface area contributed by atoms with Crippen LogP contribution in [0.1, 0.15) is 42.1 Å². The van der Waals surface area contributed by atoms with Gasteiger partial charge in [0, 0.05) is 13.1 Å². The highest BCUT2D eigenvalue weighted by Crippen LogP contribution is 2.21. The third-order valence-electron chi connectivity index (χ3n) is 4.07. The first-order valence-electron chi connectivity index (χ1n) is 7.88. The minimum absolute atomic E-state index is 0.0698. The average Bonchev–Trinajstić information content (AvgIpc) is 2.47. The van der Waals surface area contributed by atoms with Gasteiger partial charge in [0.2, 0.25) is 0 Å². The van der Waals surface area contributed by atoms with Gasteiger partial charge >= 0.3 is 0 Å². The Labute approximate surface area is 132 Å². The van der Waals surface area contributed by atoms with Crippen molar-refractivity contribution in [3.05, 3.63) is 34.3 Å². The molecular weight excluding hydrogens is 284 g/mol. The van der Waals surface area contributed by atoms with Crippen LogP contribution in [0.2, 0.25) is 5.02 Å². The lowest BCUT2D eigenvalue weighted by Crippen LogP contribution is -2.39. The molecule has 1 amide bonds. The molecule has 2 rings (SSSR count). The van der Waals surface area contributed by atoms with Crippen molar-refractivity contribution in [2.24, 2.45) is 5.92 Å². The molecule has 1 fully saturated rings. The molecule has 0 saturated carbocycles. The summed E-state index contributed by atoms with van der Waals surface area (Å²) in [7, 11) is 0. The predicted octanol–water partition coefficient (Wildman–Crippen LogP) is 3.50. The van der Waals surface area contributed by atoms with Gasteiger partial charge in [0.1, 0.15) is 0 Å². The maximum absolute atomic E-state index is 12.8. The summed E-state index contributed by atoms with van der Waals surface area (Å²) >= 11 is 6.25.